The molecule has 16 heavy (non-hydrogen) atoms. The molecule has 1 atom stereocenters. The zero-order chi connectivity index (χ0) is 11.9. The minimum atomic E-state index is -0.261. The first-order valence-corrected chi connectivity index (χ1v) is 6.04. The third kappa shape index (κ3) is 4.86. The molecule has 0 saturated heterocycles. The van der Waals surface area contributed by atoms with Crippen molar-refractivity contribution in [3.05, 3.63) is 12.7 Å². The SMILES string of the molecule is C=CC(C)(OCCCCC)[N+](C)(C)CC.[Cl-]. The van der Waals surface area contributed by atoms with E-state index >= 15 is 0 Å². The Labute approximate surface area is 108 Å². The maximum Gasteiger partial charge on any atom is 0.219 e. The quantitative estimate of drug-likeness (QED) is 0.258. The summed E-state index contributed by atoms with van der Waals surface area (Å²) in [6.07, 6.45) is 5.55. The molecule has 0 N–H and O–H groups in total. The number of quaternary nitrogens is 1. The summed E-state index contributed by atoms with van der Waals surface area (Å²) >= 11 is 0. The van der Waals surface area contributed by atoms with Crippen molar-refractivity contribution in [1.82, 2.24) is 0 Å². The monoisotopic (exact) mass is 249 g/mol. The lowest BCUT2D eigenvalue weighted by Crippen LogP contribution is -3.00. The van der Waals surface area contributed by atoms with Crippen molar-refractivity contribution in [2.45, 2.75) is 45.8 Å². The molecule has 0 heterocycles. The van der Waals surface area contributed by atoms with Gasteiger partial charge in [-0.15, -0.1) is 0 Å². The molecule has 0 amide bonds. The second-order valence-electron chi connectivity index (χ2n) is 4.82. The zero-order valence-corrected chi connectivity index (χ0v) is 12.3. The Morgan fingerprint density at radius 3 is 2.19 bits per heavy atom. The van der Waals surface area contributed by atoms with E-state index < -0.39 is 0 Å². The van der Waals surface area contributed by atoms with Crippen LogP contribution in [0.1, 0.15) is 40.0 Å². The van der Waals surface area contributed by atoms with E-state index in [2.05, 4.69) is 41.4 Å². The Morgan fingerprint density at radius 1 is 1.25 bits per heavy atom. The molecule has 1 unspecified atom stereocenters. The molecule has 0 aromatic rings. The second-order valence-corrected chi connectivity index (χ2v) is 4.82. The summed E-state index contributed by atoms with van der Waals surface area (Å²) in [5.41, 5.74) is -0.261. The van der Waals surface area contributed by atoms with Gasteiger partial charge in [0.25, 0.3) is 0 Å². The third-order valence-electron chi connectivity index (χ3n) is 3.51. The Morgan fingerprint density at radius 2 is 1.81 bits per heavy atom. The largest absolute Gasteiger partial charge is 1.00 e. The molecule has 0 aromatic carbocycles. The summed E-state index contributed by atoms with van der Waals surface area (Å²) in [4.78, 5) is 0. The van der Waals surface area contributed by atoms with Crippen LogP contribution in [-0.4, -0.2) is 37.5 Å². The van der Waals surface area contributed by atoms with Crippen LogP contribution in [0.15, 0.2) is 12.7 Å². The molecule has 2 nitrogen and oxygen atoms in total. The first kappa shape index (κ1) is 18.3. The lowest BCUT2D eigenvalue weighted by molar-refractivity contribution is -0.955. The molecule has 0 radical (unpaired) electrons. The smallest absolute Gasteiger partial charge is 0.219 e. The molecular formula is C13H28ClNO. The summed E-state index contributed by atoms with van der Waals surface area (Å²) in [6, 6.07) is 0. The normalized spacial score (nSPS) is 15.1. The highest BCUT2D eigenvalue weighted by Crippen LogP contribution is 2.23. The summed E-state index contributed by atoms with van der Waals surface area (Å²) in [5, 5.41) is 0. The molecule has 3 heteroatoms. The van der Waals surface area contributed by atoms with Crippen LogP contribution in [0.25, 0.3) is 0 Å². The average molecular weight is 250 g/mol. The van der Waals surface area contributed by atoms with Crippen molar-refractivity contribution >= 4 is 0 Å². The number of nitrogens with zero attached hydrogens (tertiary/aromatic N) is 1. The number of likely N-dealkylation sites (N-methyl/N-ethyl adjacent to an activating group) is 1. The van der Waals surface area contributed by atoms with Crippen LogP contribution in [-0.2, 0) is 4.74 Å². The molecule has 0 aliphatic rings. The van der Waals surface area contributed by atoms with Gasteiger partial charge in [0, 0.05) is 6.92 Å². The van der Waals surface area contributed by atoms with Crippen molar-refractivity contribution in [1.29, 1.82) is 0 Å². The fourth-order valence-electron chi connectivity index (χ4n) is 1.43. The molecule has 0 rings (SSSR count). The molecule has 0 fully saturated rings. The number of hydrogen-bond donors (Lipinski definition) is 0. The van der Waals surface area contributed by atoms with E-state index in [4.69, 9.17) is 4.74 Å². The summed E-state index contributed by atoms with van der Waals surface area (Å²) in [7, 11) is 4.36. The van der Waals surface area contributed by atoms with E-state index in [1.54, 1.807) is 0 Å². The summed E-state index contributed by atoms with van der Waals surface area (Å²) in [5.74, 6) is 0. The molecular weight excluding hydrogens is 222 g/mol. The van der Waals surface area contributed by atoms with Crippen LogP contribution in [0.4, 0.5) is 0 Å². The van der Waals surface area contributed by atoms with Crippen LogP contribution in [0, 0.1) is 0 Å². The minimum Gasteiger partial charge on any atom is -1.00 e. The molecule has 0 aliphatic carbocycles. The van der Waals surface area contributed by atoms with Crippen LogP contribution < -0.4 is 12.4 Å². The van der Waals surface area contributed by atoms with Gasteiger partial charge in [-0.25, -0.2) is 0 Å². The maximum atomic E-state index is 5.99. The molecule has 0 aliphatic heterocycles. The number of rotatable bonds is 8. The fraction of sp³-hybridized carbons (Fsp3) is 0.846. The van der Waals surface area contributed by atoms with Crippen LogP contribution in [0.3, 0.4) is 0 Å². The molecule has 0 saturated carbocycles. The van der Waals surface area contributed by atoms with E-state index in [9.17, 15) is 0 Å². The first-order valence-electron chi connectivity index (χ1n) is 6.04. The van der Waals surface area contributed by atoms with Crippen LogP contribution in [0.5, 0.6) is 0 Å². The number of hydrogen-bond acceptors (Lipinski definition) is 1. The first-order chi connectivity index (χ1) is 6.93. The van der Waals surface area contributed by atoms with E-state index in [1.165, 1.54) is 12.8 Å². The van der Waals surface area contributed by atoms with E-state index in [0.29, 0.717) is 0 Å². The van der Waals surface area contributed by atoms with Crippen molar-refractivity contribution in [3.8, 4) is 0 Å². The van der Waals surface area contributed by atoms with Gasteiger partial charge in [0.2, 0.25) is 5.72 Å². The highest BCUT2D eigenvalue weighted by Gasteiger charge is 2.37. The van der Waals surface area contributed by atoms with Gasteiger partial charge in [0.15, 0.2) is 0 Å². The molecule has 0 bridgehead atoms. The Hall–Kier alpha value is -0.0500. The van der Waals surface area contributed by atoms with Gasteiger partial charge >= 0.3 is 0 Å². The summed E-state index contributed by atoms with van der Waals surface area (Å²) < 4.78 is 6.81. The van der Waals surface area contributed by atoms with Crippen molar-refractivity contribution in [2.75, 3.05) is 27.2 Å². The zero-order valence-electron chi connectivity index (χ0n) is 11.6. The van der Waals surface area contributed by atoms with Gasteiger partial charge in [-0.05, 0) is 19.4 Å². The van der Waals surface area contributed by atoms with Gasteiger partial charge in [-0.3, -0.25) is 4.48 Å². The Balaban J connectivity index is 0. The van der Waals surface area contributed by atoms with Crippen LogP contribution >= 0.6 is 0 Å². The predicted octanol–water partition coefficient (Wildman–Crippen LogP) is 0.196. The summed E-state index contributed by atoms with van der Waals surface area (Å²) in [6.45, 7) is 12.3. The van der Waals surface area contributed by atoms with Gasteiger partial charge in [0.05, 0.1) is 27.2 Å². The van der Waals surface area contributed by atoms with Gasteiger partial charge in [-0.1, -0.05) is 26.3 Å². The molecule has 0 aromatic heterocycles. The number of unbranched alkanes of at least 4 members (excludes halogenated alkanes) is 2. The number of halogens is 1. The number of ether oxygens (including phenoxy) is 1. The van der Waals surface area contributed by atoms with Gasteiger partial charge in [0.1, 0.15) is 0 Å². The lowest BCUT2D eigenvalue weighted by atomic mass is 10.1. The van der Waals surface area contributed by atoms with Crippen molar-refractivity contribution in [2.24, 2.45) is 0 Å². The van der Waals surface area contributed by atoms with Gasteiger partial charge in [-0.2, -0.15) is 0 Å². The lowest BCUT2D eigenvalue weighted by Gasteiger charge is -2.43. The molecule has 98 valence electrons. The van der Waals surface area contributed by atoms with E-state index in [0.717, 1.165) is 24.1 Å². The highest BCUT2D eigenvalue weighted by molar-refractivity contribution is 4.85. The standard InChI is InChI=1S/C13H28NO.ClH/c1-7-10-11-12-15-13(4,8-2)14(5,6)9-3;/h8H,2,7,9-12H2,1,3-6H3;1H/q+1;/p-1. The topological polar surface area (TPSA) is 9.23 Å². The second kappa shape index (κ2) is 8.10. The van der Waals surface area contributed by atoms with Crippen molar-refractivity contribution < 1.29 is 21.6 Å². The van der Waals surface area contributed by atoms with Crippen molar-refractivity contribution in [3.63, 3.8) is 0 Å². The third-order valence-corrected chi connectivity index (χ3v) is 3.51. The average Bonchev–Trinajstić information content (AvgIpc) is 2.23. The maximum absolute atomic E-state index is 5.99. The minimum absolute atomic E-state index is 0. The van der Waals surface area contributed by atoms with E-state index in [1.807, 2.05) is 6.08 Å². The predicted molar refractivity (Wildman–Crippen MR) is 66.7 cm³/mol. The fourth-order valence-corrected chi connectivity index (χ4v) is 1.43. The highest BCUT2D eigenvalue weighted by atomic mass is 35.5. The molecule has 0 spiro atoms. The van der Waals surface area contributed by atoms with Gasteiger partial charge < -0.3 is 17.1 Å². The Bertz CT molecular complexity index is 194. The Kier molecular flexibility index (Phi) is 9.28. The van der Waals surface area contributed by atoms with E-state index in [-0.39, 0.29) is 18.1 Å². The van der Waals surface area contributed by atoms with Crippen LogP contribution in [0.2, 0.25) is 0 Å².